The Bertz CT molecular complexity index is 898. The van der Waals surface area contributed by atoms with Crippen LogP contribution in [0.25, 0.3) is 21.9 Å². The maximum absolute atomic E-state index is 11.7. The van der Waals surface area contributed by atoms with Gasteiger partial charge in [0.25, 0.3) is 0 Å². The van der Waals surface area contributed by atoms with E-state index in [4.69, 9.17) is 4.42 Å². The number of carbonyl (C=O) groups is 1. The summed E-state index contributed by atoms with van der Waals surface area (Å²) in [6, 6.07) is 14.0. The topological polar surface area (TPSA) is 30.2 Å². The Morgan fingerprint density at radius 2 is 1.86 bits per heavy atom. The number of carbonyl (C=O) groups excluding carboxylic acids is 1. The summed E-state index contributed by atoms with van der Waals surface area (Å²) in [5.74, 6) is 0. The van der Waals surface area contributed by atoms with E-state index in [1.165, 1.54) is 0 Å². The van der Waals surface area contributed by atoms with Crippen LogP contribution in [0.2, 0.25) is 0 Å². The molecule has 2 heteroatoms. The largest absolute Gasteiger partial charge is 0.456 e. The van der Waals surface area contributed by atoms with E-state index in [9.17, 15) is 4.79 Å². The zero-order valence-electron chi connectivity index (χ0n) is 11.5. The highest BCUT2D eigenvalue weighted by atomic mass is 16.3. The molecule has 2 nitrogen and oxygen atoms in total. The smallest absolute Gasteiger partial charge is 0.135 e. The quantitative estimate of drug-likeness (QED) is 0.642. The van der Waals surface area contributed by atoms with E-state index >= 15 is 0 Å². The van der Waals surface area contributed by atoms with Crippen molar-refractivity contribution < 1.29 is 9.21 Å². The zero-order valence-corrected chi connectivity index (χ0v) is 11.5. The van der Waals surface area contributed by atoms with Crippen LogP contribution in [-0.4, -0.2) is 6.29 Å². The lowest BCUT2D eigenvalue weighted by Gasteiger charge is -2.25. The van der Waals surface area contributed by atoms with E-state index < -0.39 is 5.41 Å². The lowest BCUT2D eigenvalue weighted by Crippen LogP contribution is -2.25. The molecular weight excluding hydrogens is 260 g/mol. The minimum atomic E-state index is -0.554. The number of allylic oxidation sites excluding steroid dienone is 4. The summed E-state index contributed by atoms with van der Waals surface area (Å²) in [4.78, 5) is 11.7. The van der Waals surface area contributed by atoms with Crippen molar-refractivity contribution in [2.24, 2.45) is 0 Å². The third-order valence-corrected chi connectivity index (χ3v) is 4.22. The summed E-state index contributed by atoms with van der Waals surface area (Å²) in [5.41, 5.74) is 2.19. The maximum Gasteiger partial charge on any atom is 0.135 e. The number of hydrogen-bond acceptors (Lipinski definition) is 2. The van der Waals surface area contributed by atoms with Crippen molar-refractivity contribution in [3.05, 3.63) is 72.3 Å². The highest BCUT2D eigenvalue weighted by Crippen LogP contribution is 2.35. The molecule has 0 saturated carbocycles. The van der Waals surface area contributed by atoms with E-state index in [1.54, 1.807) is 0 Å². The molecule has 1 aromatic heterocycles. The van der Waals surface area contributed by atoms with Crippen molar-refractivity contribution in [1.29, 1.82) is 0 Å². The number of para-hydroxylation sites is 1. The van der Waals surface area contributed by atoms with Crippen LogP contribution in [-0.2, 0) is 10.2 Å². The van der Waals surface area contributed by atoms with Crippen LogP contribution in [0.1, 0.15) is 12.0 Å². The second-order valence-corrected chi connectivity index (χ2v) is 5.46. The Hall–Kier alpha value is -2.61. The van der Waals surface area contributed by atoms with Crippen LogP contribution in [0.15, 0.2) is 71.2 Å². The van der Waals surface area contributed by atoms with Crippen LogP contribution in [0.5, 0.6) is 0 Å². The molecule has 0 saturated heterocycles. The molecule has 4 rings (SSSR count). The zero-order chi connectivity index (χ0) is 14.3. The van der Waals surface area contributed by atoms with E-state index in [-0.39, 0.29) is 0 Å². The van der Waals surface area contributed by atoms with Crippen LogP contribution >= 0.6 is 0 Å². The third-order valence-electron chi connectivity index (χ3n) is 4.22. The first-order valence-electron chi connectivity index (χ1n) is 7.05. The molecule has 0 bridgehead atoms. The SMILES string of the molecule is O=CC1(c2ccc3oc4ccccc4c3c2)C=CC=CC1. The first-order chi connectivity index (χ1) is 10.3. The van der Waals surface area contributed by atoms with Gasteiger partial charge in [0, 0.05) is 10.8 Å². The minimum absolute atomic E-state index is 0.554. The van der Waals surface area contributed by atoms with Crippen LogP contribution in [0.4, 0.5) is 0 Å². The van der Waals surface area contributed by atoms with E-state index in [0.29, 0.717) is 6.42 Å². The number of benzene rings is 2. The summed E-state index contributed by atoms with van der Waals surface area (Å²) in [5, 5.41) is 2.15. The molecule has 1 atom stereocenters. The van der Waals surface area contributed by atoms with Gasteiger partial charge in [-0.15, -0.1) is 0 Å². The molecule has 0 spiro atoms. The van der Waals surface area contributed by atoms with Gasteiger partial charge in [-0.05, 0) is 30.2 Å². The number of fused-ring (bicyclic) bond motifs is 3. The second-order valence-electron chi connectivity index (χ2n) is 5.46. The van der Waals surface area contributed by atoms with Gasteiger partial charge in [0.05, 0.1) is 5.41 Å². The Balaban J connectivity index is 1.98. The molecular formula is C19H14O2. The summed E-state index contributed by atoms with van der Waals surface area (Å²) in [7, 11) is 0. The number of rotatable bonds is 2. The van der Waals surface area contributed by atoms with Crippen molar-refractivity contribution in [3.8, 4) is 0 Å². The van der Waals surface area contributed by atoms with Crippen molar-refractivity contribution in [3.63, 3.8) is 0 Å². The fraction of sp³-hybridized carbons (Fsp3) is 0.105. The highest BCUT2D eigenvalue weighted by Gasteiger charge is 2.29. The van der Waals surface area contributed by atoms with E-state index in [0.717, 1.165) is 33.8 Å². The molecule has 1 unspecified atom stereocenters. The molecule has 0 fully saturated rings. The summed E-state index contributed by atoms with van der Waals surface area (Å²) in [6.45, 7) is 0. The lowest BCUT2D eigenvalue weighted by atomic mass is 9.76. The number of hydrogen-bond donors (Lipinski definition) is 0. The van der Waals surface area contributed by atoms with Crippen molar-refractivity contribution in [2.45, 2.75) is 11.8 Å². The molecule has 0 amide bonds. The van der Waals surface area contributed by atoms with Crippen molar-refractivity contribution in [1.82, 2.24) is 0 Å². The molecule has 0 radical (unpaired) electrons. The Morgan fingerprint density at radius 1 is 1.00 bits per heavy atom. The monoisotopic (exact) mass is 274 g/mol. The molecule has 0 aliphatic heterocycles. The third kappa shape index (κ3) is 1.76. The van der Waals surface area contributed by atoms with Gasteiger partial charge in [0.15, 0.2) is 0 Å². The van der Waals surface area contributed by atoms with Crippen LogP contribution < -0.4 is 0 Å². The highest BCUT2D eigenvalue weighted by molar-refractivity contribution is 6.05. The van der Waals surface area contributed by atoms with E-state index in [1.807, 2.05) is 54.6 Å². The Morgan fingerprint density at radius 3 is 2.67 bits per heavy atom. The Labute approximate surface area is 122 Å². The molecule has 1 aliphatic rings. The first kappa shape index (κ1) is 12.2. The van der Waals surface area contributed by atoms with Gasteiger partial charge < -0.3 is 9.21 Å². The molecule has 0 N–H and O–H groups in total. The molecule has 1 aliphatic carbocycles. The van der Waals surface area contributed by atoms with Crippen molar-refractivity contribution in [2.75, 3.05) is 0 Å². The predicted molar refractivity (Wildman–Crippen MR) is 84.4 cm³/mol. The van der Waals surface area contributed by atoms with Gasteiger partial charge in [-0.25, -0.2) is 0 Å². The molecule has 102 valence electrons. The number of aldehydes is 1. The first-order valence-corrected chi connectivity index (χ1v) is 7.05. The normalized spacial score (nSPS) is 21.1. The minimum Gasteiger partial charge on any atom is -0.456 e. The van der Waals surface area contributed by atoms with Gasteiger partial charge in [-0.1, -0.05) is 48.6 Å². The molecule has 3 aromatic rings. The standard InChI is InChI=1S/C19H14O2/c20-13-19(10-4-1-5-11-19)14-8-9-18-16(12-14)15-6-2-3-7-17(15)21-18/h1-10,12-13H,11H2. The molecule has 21 heavy (non-hydrogen) atoms. The molecule has 1 heterocycles. The fourth-order valence-electron chi connectivity index (χ4n) is 3.02. The summed E-state index contributed by atoms with van der Waals surface area (Å²) < 4.78 is 5.84. The van der Waals surface area contributed by atoms with Crippen LogP contribution in [0.3, 0.4) is 0 Å². The molecule has 2 aromatic carbocycles. The van der Waals surface area contributed by atoms with Gasteiger partial charge in [-0.2, -0.15) is 0 Å². The summed E-state index contributed by atoms with van der Waals surface area (Å²) >= 11 is 0. The fourth-order valence-corrected chi connectivity index (χ4v) is 3.02. The average Bonchev–Trinajstić information content (AvgIpc) is 2.93. The lowest BCUT2D eigenvalue weighted by molar-refractivity contribution is -0.111. The van der Waals surface area contributed by atoms with Gasteiger partial charge in [-0.3, -0.25) is 0 Å². The Kier molecular flexibility index (Phi) is 2.58. The predicted octanol–water partition coefficient (Wildman–Crippen LogP) is 4.54. The van der Waals surface area contributed by atoms with Gasteiger partial charge >= 0.3 is 0 Å². The van der Waals surface area contributed by atoms with Crippen molar-refractivity contribution >= 4 is 28.2 Å². The summed E-state index contributed by atoms with van der Waals surface area (Å²) in [6.07, 6.45) is 9.67. The van der Waals surface area contributed by atoms with Gasteiger partial charge in [0.2, 0.25) is 0 Å². The van der Waals surface area contributed by atoms with E-state index in [2.05, 4.69) is 12.1 Å². The number of furan rings is 1. The second kappa shape index (κ2) is 4.45. The average molecular weight is 274 g/mol. The maximum atomic E-state index is 11.7. The van der Waals surface area contributed by atoms with Crippen LogP contribution in [0, 0.1) is 0 Å². The van der Waals surface area contributed by atoms with Gasteiger partial charge in [0.1, 0.15) is 17.5 Å².